The fourth-order valence-corrected chi connectivity index (χ4v) is 4.64. The van der Waals surface area contributed by atoms with Crippen molar-refractivity contribution in [1.29, 1.82) is 0 Å². The third-order valence-corrected chi connectivity index (χ3v) is 6.88. The van der Waals surface area contributed by atoms with Gasteiger partial charge in [-0.05, 0) is 37.6 Å². The minimum Gasteiger partial charge on any atom is -0.495 e. The zero-order chi connectivity index (χ0) is 21.2. The molecule has 1 atom stereocenters. The zero-order valence-corrected chi connectivity index (χ0v) is 17.1. The second kappa shape index (κ2) is 8.12. The summed E-state index contributed by atoms with van der Waals surface area (Å²) in [5.74, 6) is 0.0409. The van der Waals surface area contributed by atoms with E-state index in [2.05, 4.69) is 10.6 Å². The number of aryl methyl sites for hydroxylation is 1. The van der Waals surface area contributed by atoms with E-state index in [1.54, 1.807) is 37.3 Å². The number of hydrogen-bond acceptors (Lipinski definition) is 6. The SMILES string of the molecule is COc1ccccc1NC(=O)C[C@H](C)S(=O)(=O)c1cc2c(cc1C)NC(=O)CO2. The number of para-hydroxylation sites is 2. The number of carbonyl (C=O) groups excluding carboxylic acids is 2. The van der Waals surface area contributed by atoms with Crippen LogP contribution in [0.4, 0.5) is 11.4 Å². The maximum atomic E-state index is 13.1. The lowest BCUT2D eigenvalue weighted by Gasteiger charge is -2.21. The summed E-state index contributed by atoms with van der Waals surface area (Å²) in [6, 6.07) is 9.84. The van der Waals surface area contributed by atoms with Crippen molar-refractivity contribution in [3.05, 3.63) is 42.0 Å². The van der Waals surface area contributed by atoms with Crippen molar-refractivity contribution in [2.75, 3.05) is 24.4 Å². The van der Waals surface area contributed by atoms with E-state index in [4.69, 9.17) is 9.47 Å². The topological polar surface area (TPSA) is 111 Å². The fraction of sp³-hybridized carbons (Fsp3) is 0.300. The average Bonchev–Trinajstić information content (AvgIpc) is 2.67. The van der Waals surface area contributed by atoms with Crippen LogP contribution >= 0.6 is 0 Å². The van der Waals surface area contributed by atoms with Crippen LogP contribution in [0.1, 0.15) is 18.9 Å². The van der Waals surface area contributed by atoms with Crippen LogP contribution < -0.4 is 20.1 Å². The minimum atomic E-state index is -3.80. The number of methoxy groups -OCH3 is 1. The molecule has 9 heteroatoms. The van der Waals surface area contributed by atoms with Crippen molar-refractivity contribution >= 4 is 33.0 Å². The third kappa shape index (κ3) is 4.34. The van der Waals surface area contributed by atoms with Gasteiger partial charge in [0.05, 0.1) is 28.6 Å². The molecule has 0 unspecified atom stereocenters. The van der Waals surface area contributed by atoms with E-state index in [0.717, 1.165) is 0 Å². The highest BCUT2D eigenvalue weighted by molar-refractivity contribution is 7.92. The van der Waals surface area contributed by atoms with Crippen molar-refractivity contribution in [3.8, 4) is 11.5 Å². The first-order chi connectivity index (χ1) is 13.7. The molecule has 0 radical (unpaired) electrons. The lowest BCUT2D eigenvalue weighted by Crippen LogP contribution is -2.27. The molecule has 0 fully saturated rings. The van der Waals surface area contributed by atoms with E-state index in [-0.39, 0.29) is 23.8 Å². The van der Waals surface area contributed by atoms with Gasteiger partial charge in [0.15, 0.2) is 16.4 Å². The van der Waals surface area contributed by atoms with Crippen LogP contribution in [0.2, 0.25) is 0 Å². The van der Waals surface area contributed by atoms with E-state index >= 15 is 0 Å². The standard InChI is InChI=1S/C20H22N2O6S/c1-12-8-15-17(28-11-20(24)22-15)10-18(12)29(25,26)13(2)9-19(23)21-14-6-4-5-7-16(14)27-3/h4-8,10,13H,9,11H2,1-3H3,(H,21,23)(H,22,24)/t13-/m0/s1. The second-order valence-electron chi connectivity index (χ2n) is 6.76. The molecule has 0 aliphatic carbocycles. The quantitative estimate of drug-likeness (QED) is 0.746. The number of nitrogens with one attached hydrogen (secondary N) is 2. The van der Waals surface area contributed by atoms with Gasteiger partial charge in [-0.25, -0.2) is 8.42 Å². The van der Waals surface area contributed by atoms with E-state index in [9.17, 15) is 18.0 Å². The predicted octanol–water partition coefficient (Wildman–Crippen LogP) is 2.53. The molecular formula is C20H22N2O6S. The summed E-state index contributed by atoms with van der Waals surface area (Å²) in [4.78, 5) is 23.9. The van der Waals surface area contributed by atoms with Crippen LogP contribution in [0.5, 0.6) is 11.5 Å². The molecule has 0 aromatic heterocycles. The molecule has 1 aliphatic heterocycles. The summed E-state index contributed by atoms with van der Waals surface area (Å²) < 4.78 is 36.6. The average molecular weight is 418 g/mol. The summed E-state index contributed by atoms with van der Waals surface area (Å²) in [6.45, 7) is 2.95. The van der Waals surface area contributed by atoms with Crippen LogP contribution in [0.25, 0.3) is 0 Å². The van der Waals surface area contributed by atoms with E-state index < -0.39 is 21.0 Å². The third-order valence-electron chi connectivity index (χ3n) is 4.60. The zero-order valence-electron chi connectivity index (χ0n) is 16.3. The highest BCUT2D eigenvalue weighted by atomic mass is 32.2. The lowest BCUT2D eigenvalue weighted by molar-refractivity contribution is -0.118. The number of hydrogen-bond donors (Lipinski definition) is 2. The van der Waals surface area contributed by atoms with Gasteiger partial charge in [-0.2, -0.15) is 0 Å². The molecule has 29 heavy (non-hydrogen) atoms. The molecule has 154 valence electrons. The minimum absolute atomic E-state index is 0.0741. The van der Waals surface area contributed by atoms with Gasteiger partial charge < -0.3 is 20.1 Å². The van der Waals surface area contributed by atoms with Crippen molar-refractivity contribution < 1.29 is 27.5 Å². The summed E-state index contributed by atoms with van der Waals surface area (Å²) >= 11 is 0. The van der Waals surface area contributed by atoms with E-state index in [0.29, 0.717) is 28.4 Å². The lowest BCUT2D eigenvalue weighted by atomic mass is 10.2. The number of anilines is 2. The largest absolute Gasteiger partial charge is 0.495 e. The number of benzene rings is 2. The van der Waals surface area contributed by atoms with Crippen LogP contribution in [-0.2, 0) is 19.4 Å². The first-order valence-corrected chi connectivity index (χ1v) is 10.5. The molecule has 2 aromatic carbocycles. The molecule has 2 amide bonds. The monoisotopic (exact) mass is 418 g/mol. The Balaban J connectivity index is 1.79. The molecule has 8 nitrogen and oxygen atoms in total. The van der Waals surface area contributed by atoms with Gasteiger partial charge in [0, 0.05) is 12.5 Å². The predicted molar refractivity (Wildman–Crippen MR) is 108 cm³/mol. The van der Waals surface area contributed by atoms with Crippen LogP contribution in [0.3, 0.4) is 0 Å². The molecule has 2 N–H and O–H groups in total. The molecule has 1 aliphatic rings. The molecule has 0 saturated carbocycles. The molecule has 1 heterocycles. The number of ether oxygens (including phenoxy) is 2. The van der Waals surface area contributed by atoms with Crippen LogP contribution in [0.15, 0.2) is 41.3 Å². The number of carbonyl (C=O) groups is 2. The summed E-state index contributed by atoms with van der Waals surface area (Å²) in [5, 5.41) is 4.36. The Morgan fingerprint density at radius 2 is 2.03 bits per heavy atom. The Kier molecular flexibility index (Phi) is 5.78. The summed E-state index contributed by atoms with van der Waals surface area (Å²) in [5.41, 5.74) is 1.37. The van der Waals surface area contributed by atoms with E-state index in [1.165, 1.54) is 20.1 Å². The number of fused-ring (bicyclic) bond motifs is 1. The maximum Gasteiger partial charge on any atom is 0.262 e. The molecular weight excluding hydrogens is 396 g/mol. The molecule has 2 aromatic rings. The van der Waals surface area contributed by atoms with Gasteiger partial charge in [-0.3, -0.25) is 9.59 Å². The molecule has 0 spiro atoms. The summed E-state index contributed by atoms with van der Waals surface area (Å²) in [7, 11) is -2.32. The van der Waals surface area contributed by atoms with Crippen molar-refractivity contribution in [3.63, 3.8) is 0 Å². The number of rotatable bonds is 6. The first-order valence-electron chi connectivity index (χ1n) is 8.96. The Labute approximate surface area is 169 Å². The van der Waals surface area contributed by atoms with E-state index in [1.807, 2.05) is 0 Å². The van der Waals surface area contributed by atoms with Gasteiger partial charge in [-0.1, -0.05) is 12.1 Å². The number of sulfone groups is 1. The Morgan fingerprint density at radius 1 is 1.31 bits per heavy atom. The van der Waals surface area contributed by atoms with Crippen molar-refractivity contribution in [2.45, 2.75) is 30.4 Å². The summed E-state index contributed by atoms with van der Waals surface area (Å²) in [6.07, 6.45) is -0.228. The van der Waals surface area contributed by atoms with Gasteiger partial charge in [0.2, 0.25) is 5.91 Å². The first kappa shape index (κ1) is 20.7. The normalized spacial score (nSPS) is 14.2. The van der Waals surface area contributed by atoms with Crippen LogP contribution in [-0.4, -0.2) is 39.2 Å². The fourth-order valence-electron chi connectivity index (χ4n) is 3.06. The highest BCUT2D eigenvalue weighted by Crippen LogP contribution is 2.34. The van der Waals surface area contributed by atoms with Crippen molar-refractivity contribution in [1.82, 2.24) is 0 Å². The number of amides is 2. The van der Waals surface area contributed by atoms with Gasteiger partial charge >= 0.3 is 0 Å². The molecule has 3 rings (SSSR count). The molecule has 0 saturated heterocycles. The van der Waals surface area contributed by atoms with Crippen molar-refractivity contribution in [2.24, 2.45) is 0 Å². The maximum absolute atomic E-state index is 13.1. The Morgan fingerprint density at radius 3 is 2.76 bits per heavy atom. The highest BCUT2D eigenvalue weighted by Gasteiger charge is 2.29. The van der Waals surface area contributed by atoms with Gasteiger partial charge in [0.1, 0.15) is 11.5 Å². The van der Waals surface area contributed by atoms with Crippen LogP contribution in [0, 0.1) is 6.92 Å². The van der Waals surface area contributed by atoms with Gasteiger partial charge in [0.25, 0.3) is 5.91 Å². The second-order valence-corrected chi connectivity index (χ2v) is 9.09. The molecule has 0 bridgehead atoms. The van der Waals surface area contributed by atoms with Gasteiger partial charge in [-0.15, -0.1) is 0 Å². The Hall–Kier alpha value is -3.07. The Bertz CT molecular complexity index is 1060. The smallest absolute Gasteiger partial charge is 0.262 e.